The van der Waals surface area contributed by atoms with Crippen molar-refractivity contribution in [2.24, 2.45) is 5.92 Å². The third-order valence-corrected chi connectivity index (χ3v) is 3.95. The van der Waals surface area contributed by atoms with Gasteiger partial charge >= 0.3 is 0 Å². The highest BCUT2D eigenvalue weighted by Crippen LogP contribution is 2.13. The number of hydrogen-bond donors (Lipinski definition) is 1. The summed E-state index contributed by atoms with van der Waals surface area (Å²) in [5.41, 5.74) is 1.42. The van der Waals surface area contributed by atoms with E-state index in [9.17, 15) is 0 Å². The van der Waals surface area contributed by atoms with E-state index < -0.39 is 0 Å². The summed E-state index contributed by atoms with van der Waals surface area (Å²) in [5, 5.41) is 3.77. The highest BCUT2D eigenvalue weighted by Gasteiger charge is 2.22. The topological polar surface area (TPSA) is 24.5 Å². The highest BCUT2D eigenvalue weighted by atomic mass is 16.5. The number of nitrogens with zero attached hydrogens (tertiary/aromatic N) is 1. The fraction of sp³-hybridized carbons (Fsp3) is 0.875. The average Bonchev–Trinajstić information content (AvgIpc) is 2.37. The van der Waals surface area contributed by atoms with Crippen LogP contribution in [0.3, 0.4) is 0 Å². The number of methoxy groups -OCH3 is 1. The average molecular weight is 268 g/mol. The second-order valence-electron chi connectivity index (χ2n) is 6.33. The summed E-state index contributed by atoms with van der Waals surface area (Å²) in [6, 6.07) is 1.14. The molecule has 1 unspecified atom stereocenters. The van der Waals surface area contributed by atoms with Crippen molar-refractivity contribution in [2.45, 2.75) is 52.6 Å². The Balaban J connectivity index is 2.30. The Morgan fingerprint density at radius 1 is 1.32 bits per heavy atom. The number of ether oxygens (including phenoxy) is 1. The Morgan fingerprint density at radius 3 is 2.42 bits per heavy atom. The van der Waals surface area contributed by atoms with Crippen molar-refractivity contribution in [3.63, 3.8) is 0 Å². The summed E-state index contributed by atoms with van der Waals surface area (Å²) in [5.74, 6) is 0.628. The molecule has 1 aliphatic rings. The van der Waals surface area contributed by atoms with Crippen molar-refractivity contribution < 1.29 is 4.74 Å². The van der Waals surface area contributed by atoms with Crippen molar-refractivity contribution in [2.75, 3.05) is 33.4 Å². The molecule has 0 amide bonds. The normalized spacial score (nSPS) is 19.7. The fourth-order valence-electron chi connectivity index (χ4n) is 2.51. The lowest BCUT2D eigenvalue weighted by Gasteiger charge is -2.35. The number of allylic oxidation sites excluding steroid dienone is 1. The van der Waals surface area contributed by atoms with Crippen molar-refractivity contribution in [3.05, 3.63) is 11.6 Å². The molecule has 0 aromatic carbocycles. The molecule has 1 atom stereocenters. The lowest BCUT2D eigenvalue weighted by atomic mass is 9.99. The van der Waals surface area contributed by atoms with Crippen LogP contribution in [-0.4, -0.2) is 50.3 Å². The minimum absolute atomic E-state index is 0.485. The quantitative estimate of drug-likeness (QED) is 0.719. The van der Waals surface area contributed by atoms with Crippen molar-refractivity contribution >= 4 is 0 Å². The minimum atomic E-state index is 0.485. The first-order valence-electron chi connectivity index (χ1n) is 7.63. The van der Waals surface area contributed by atoms with E-state index in [0.29, 0.717) is 18.0 Å². The van der Waals surface area contributed by atoms with Crippen LogP contribution in [0.15, 0.2) is 11.6 Å². The van der Waals surface area contributed by atoms with E-state index in [1.54, 1.807) is 7.11 Å². The number of nitrogens with one attached hydrogen (secondary N) is 1. The van der Waals surface area contributed by atoms with Gasteiger partial charge in [-0.05, 0) is 45.7 Å². The largest absolute Gasteiger partial charge is 0.383 e. The molecule has 3 nitrogen and oxygen atoms in total. The Hall–Kier alpha value is -0.380. The monoisotopic (exact) mass is 268 g/mol. The van der Waals surface area contributed by atoms with Gasteiger partial charge in [0.15, 0.2) is 0 Å². The molecule has 0 aliphatic carbocycles. The molecule has 0 bridgehead atoms. The van der Waals surface area contributed by atoms with Crippen molar-refractivity contribution in [1.82, 2.24) is 10.2 Å². The van der Waals surface area contributed by atoms with E-state index in [-0.39, 0.29) is 0 Å². The minimum Gasteiger partial charge on any atom is -0.383 e. The molecular weight excluding hydrogens is 236 g/mol. The third-order valence-electron chi connectivity index (χ3n) is 3.95. The van der Waals surface area contributed by atoms with E-state index in [2.05, 4.69) is 44.0 Å². The molecule has 0 aromatic heterocycles. The molecule has 1 heterocycles. The maximum absolute atomic E-state index is 5.31. The summed E-state index contributed by atoms with van der Waals surface area (Å²) in [6.07, 6.45) is 4.84. The second-order valence-corrected chi connectivity index (χ2v) is 6.33. The first-order chi connectivity index (χ1) is 9.02. The van der Waals surface area contributed by atoms with Crippen LogP contribution in [-0.2, 0) is 4.74 Å². The number of hydrogen-bond acceptors (Lipinski definition) is 3. The third kappa shape index (κ3) is 6.55. The van der Waals surface area contributed by atoms with E-state index in [4.69, 9.17) is 4.74 Å². The van der Waals surface area contributed by atoms with Crippen molar-refractivity contribution in [3.8, 4) is 0 Å². The molecule has 1 rings (SSSR count). The molecule has 3 heteroatoms. The van der Waals surface area contributed by atoms with Crippen LogP contribution in [0.5, 0.6) is 0 Å². The zero-order chi connectivity index (χ0) is 14.3. The van der Waals surface area contributed by atoms with Crippen LogP contribution in [0, 0.1) is 5.92 Å². The summed E-state index contributed by atoms with van der Waals surface area (Å²) in [7, 11) is 1.79. The van der Waals surface area contributed by atoms with E-state index in [0.717, 1.165) is 13.2 Å². The molecule has 0 saturated carbocycles. The van der Waals surface area contributed by atoms with E-state index in [1.165, 1.54) is 31.5 Å². The first kappa shape index (κ1) is 16.7. The fourth-order valence-corrected chi connectivity index (χ4v) is 2.51. The van der Waals surface area contributed by atoms with Crippen LogP contribution >= 0.6 is 0 Å². The van der Waals surface area contributed by atoms with Gasteiger partial charge in [0.05, 0.1) is 6.61 Å². The van der Waals surface area contributed by atoms with Gasteiger partial charge in [-0.2, -0.15) is 0 Å². The second kappa shape index (κ2) is 8.72. The van der Waals surface area contributed by atoms with Gasteiger partial charge in [-0.1, -0.05) is 25.5 Å². The molecule has 1 fully saturated rings. The molecular formula is C16H32N2O. The lowest BCUT2D eigenvalue weighted by Crippen LogP contribution is -2.49. The van der Waals surface area contributed by atoms with E-state index >= 15 is 0 Å². The SMILES string of the molecule is COCC(NC1CCN(CC=C(C)C)CC1)C(C)C. The zero-order valence-corrected chi connectivity index (χ0v) is 13.4. The van der Waals surface area contributed by atoms with Crippen LogP contribution in [0.2, 0.25) is 0 Å². The smallest absolute Gasteiger partial charge is 0.0618 e. The summed E-state index contributed by atoms with van der Waals surface area (Å²) in [4.78, 5) is 2.55. The Bertz CT molecular complexity index is 264. The van der Waals surface area contributed by atoms with Gasteiger partial charge in [-0.3, -0.25) is 4.90 Å². The first-order valence-corrected chi connectivity index (χ1v) is 7.63. The molecule has 1 aliphatic heterocycles. The maximum atomic E-state index is 5.31. The van der Waals surface area contributed by atoms with Crippen molar-refractivity contribution in [1.29, 1.82) is 0 Å². The predicted octanol–water partition coefficient (Wildman–Crippen LogP) is 2.68. The zero-order valence-electron chi connectivity index (χ0n) is 13.4. The van der Waals surface area contributed by atoms with Gasteiger partial charge < -0.3 is 10.1 Å². The molecule has 19 heavy (non-hydrogen) atoms. The van der Waals surface area contributed by atoms with Crippen LogP contribution in [0.4, 0.5) is 0 Å². The number of rotatable bonds is 7. The van der Waals surface area contributed by atoms with Crippen LogP contribution in [0.1, 0.15) is 40.5 Å². The van der Waals surface area contributed by atoms with Gasteiger partial charge in [-0.15, -0.1) is 0 Å². The van der Waals surface area contributed by atoms with Gasteiger partial charge in [0, 0.05) is 25.7 Å². The Morgan fingerprint density at radius 2 is 1.95 bits per heavy atom. The lowest BCUT2D eigenvalue weighted by molar-refractivity contribution is 0.126. The summed E-state index contributed by atoms with van der Waals surface area (Å²) in [6.45, 7) is 13.2. The molecule has 0 spiro atoms. The highest BCUT2D eigenvalue weighted by molar-refractivity contribution is 4.95. The van der Waals surface area contributed by atoms with Gasteiger partial charge in [0.25, 0.3) is 0 Å². The molecule has 0 radical (unpaired) electrons. The summed E-state index contributed by atoms with van der Waals surface area (Å²) < 4.78 is 5.31. The van der Waals surface area contributed by atoms with Crippen LogP contribution in [0.25, 0.3) is 0 Å². The summed E-state index contributed by atoms with van der Waals surface area (Å²) >= 11 is 0. The van der Waals surface area contributed by atoms with Gasteiger partial charge in [-0.25, -0.2) is 0 Å². The molecule has 1 saturated heterocycles. The number of likely N-dealkylation sites (tertiary alicyclic amines) is 1. The molecule has 0 aromatic rings. The van der Waals surface area contributed by atoms with Crippen LogP contribution < -0.4 is 5.32 Å². The standard InChI is InChI=1S/C16H32N2O/c1-13(2)6-9-18-10-7-15(8-11-18)17-16(12-19-5)14(3)4/h6,14-17H,7-12H2,1-5H3. The maximum Gasteiger partial charge on any atom is 0.0618 e. The molecule has 1 N–H and O–H groups in total. The Labute approximate surface area is 119 Å². The predicted molar refractivity (Wildman–Crippen MR) is 82.5 cm³/mol. The van der Waals surface area contributed by atoms with Gasteiger partial charge in [0.1, 0.15) is 0 Å². The molecule has 112 valence electrons. The van der Waals surface area contributed by atoms with E-state index in [1.807, 2.05) is 0 Å². The van der Waals surface area contributed by atoms with Gasteiger partial charge in [0.2, 0.25) is 0 Å². The Kier molecular flexibility index (Phi) is 7.66. The number of piperidine rings is 1.